The summed E-state index contributed by atoms with van der Waals surface area (Å²) in [6.07, 6.45) is 0. The van der Waals surface area contributed by atoms with E-state index in [1.807, 2.05) is 100 Å². The monoisotopic (exact) mass is 871 g/mol. The minimum Gasteiger partial charge on any atom is -0.344 e. The Bertz CT molecular complexity index is 3180. The lowest BCUT2D eigenvalue weighted by Gasteiger charge is -2.09. The van der Waals surface area contributed by atoms with E-state index >= 15 is 0 Å². The smallest absolute Gasteiger partial charge is 0.0541 e. The molecule has 0 fully saturated rings. The molecule has 3 aromatic heterocycles. The number of aromatic nitrogens is 3. The predicted octanol–water partition coefficient (Wildman–Crippen LogP) is 18.0. The Morgan fingerprint density at radius 2 is 0.463 bits per heavy atom. The van der Waals surface area contributed by atoms with Gasteiger partial charge in [0.25, 0.3) is 0 Å². The molecule has 0 unspecified atom stereocenters. The maximum atomic E-state index is 2.36. The molecule has 0 aliphatic rings. The van der Waals surface area contributed by atoms with E-state index in [0.717, 1.165) is 0 Å². The molecule has 0 spiro atoms. The Balaban J connectivity index is 0.000000132. The molecule has 332 valence electrons. The molecule has 67 heavy (non-hydrogen) atoms. The molecule has 0 amide bonds. The normalized spacial score (nSPS) is 10.2. The molecule has 0 radical (unpaired) electrons. The van der Waals surface area contributed by atoms with E-state index in [2.05, 4.69) is 216 Å². The summed E-state index contributed by atoms with van der Waals surface area (Å²) in [7, 11) is 4.23. The van der Waals surface area contributed by atoms with Gasteiger partial charge in [0.1, 0.15) is 0 Å². The van der Waals surface area contributed by atoms with E-state index in [0.29, 0.717) is 0 Å². The summed E-state index contributed by atoms with van der Waals surface area (Å²) in [5.74, 6) is 0. The number of hydrogen-bond donors (Lipinski definition) is 0. The first-order valence-corrected chi connectivity index (χ1v) is 23.5. The van der Waals surface area contributed by atoms with Crippen LogP contribution in [-0.4, -0.2) is 13.7 Å². The lowest BCUT2D eigenvalue weighted by atomic mass is 10.1. The van der Waals surface area contributed by atoms with E-state index in [4.69, 9.17) is 0 Å². The molecule has 0 saturated heterocycles. The summed E-state index contributed by atoms with van der Waals surface area (Å²) in [4.78, 5) is 0. The van der Waals surface area contributed by atoms with Gasteiger partial charge in [-0.2, -0.15) is 0 Å². The third-order valence-corrected chi connectivity index (χ3v) is 11.5. The molecule has 0 bridgehead atoms. The molecule has 3 heterocycles. The summed E-state index contributed by atoms with van der Waals surface area (Å²) in [5, 5.41) is 10.5. The highest BCUT2D eigenvalue weighted by atomic mass is 15.0. The summed E-state index contributed by atoms with van der Waals surface area (Å²) in [6.45, 7) is 8.00. The van der Waals surface area contributed by atoms with Gasteiger partial charge in [0, 0.05) is 74.2 Å². The van der Waals surface area contributed by atoms with Crippen LogP contribution >= 0.6 is 0 Å². The fourth-order valence-corrected chi connectivity index (χ4v) is 8.52. The Morgan fingerprint density at radius 3 is 0.776 bits per heavy atom. The molecular formula is C64H61N3. The van der Waals surface area contributed by atoms with Crippen LogP contribution in [0.1, 0.15) is 27.7 Å². The van der Waals surface area contributed by atoms with Gasteiger partial charge in [0.05, 0.1) is 11.0 Å². The summed E-state index contributed by atoms with van der Waals surface area (Å²) < 4.78 is 6.84. The summed E-state index contributed by atoms with van der Waals surface area (Å²) in [5.41, 5.74) is 8.92. The highest BCUT2D eigenvalue weighted by molar-refractivity contribution is 6.10. The lowest BCUT2D eigenvalue weighted by Crippen LogP contribution is -1.93. The zero-order chi connectivity index (χ0) is 46.8. The van der Waals surface area contributed by atoms with Crippen molar-refractivity contribution in [3.05, 3.63) is 261 Å². The van der Waals surface area contributed by atoms with Crippen LogP contribution in [-0.2, 0) is 14.1 Å². The first kappa shape index (κ1) is 46.8. The first-order valence-electron chi connectivity index (χ1n) is 23.5. The quantitative estimate of drug-likeness (QED) is 0.156. The van der Waals surface area contributed by atoms with Crippen molar-refractivity contribution in [3.63, 3.8) is 0 Å². The van der Waals surface area contributed by atoms with Crippen LogP contribution in [0.2, 0.25) is 0 Å². The topological polar surface area (TPSA) is 14.8 Å². The van der Waals surface area contributed by atoms with Crippen LogP contribution in [0, 0.1) is 0 Å². The number of nitrogens with zero attached hydrogens (tertiary/aromatic N) is 3. The number of aryl methyl sites for hydroxylation is 2. The molecule has 0 aliphatic carbocycles. The molecule has 3 heteroatoms. The number of para-hydroxylation sites is 6. The van der Waals surface area contributed by atoms with Gasteiger partial charge in [0.2, 0.25) is 0 Å². The van der Waals surface area contributed by atoms with Crippen LogP contribution in [0.25, 0.3) is 81.9 Å². The maximum Gasteiger partial charge on any atom is 0.0541 e. The van der Waals surface area contributed by atoms with Gasteiger partial charge in [-0.25, -0.2) is 0 Å². The molecular weight excluding hydrogens is 811 g/mol. The van der Waals surface area contributed by atoms with Crippen molar-refractivity contribution in [2.45, 2.75) is 27.7 Å². The van der Waals surface area contributed by atoms with E-state index in [1.165, 1.54) is 81.9 Å². The maximum absolute atomic E-state index is 2.36. The molecule has 13 rings (SSSR count). The molecule has 13 aromatic rings. The molecule has 3 nitrogen and oxygen atoms in total. The minimum absolute atomic E-state index is 1.21. The standard InChI is InChI=1S/C22H15N.2C13H11N.2C6H6.2C2H6/c1-2-8-17-15-18(14-13-16(17)7-1)23-21-11-5-3-9-19(21)20-10-4-6-12-22(20)23;2*1-14-12-8-4-2-6-10(12)11-7-3-5-9-13(11)14;2*1-2-4-6-5-3-1;2*1-2/h1-15H;2*2-9H,1H3;2*1-6H;2*1-2H3. The molecule has 0 aliphatic heterocycles. The fraction of sp³-hybridized carbons (Fsp3) is 0.0938. The van der Waals surface area contributed by atoms with Crippen molar-refractivity contribution in [1.82, 2.24) is 13.7 Å². The number of rotatable bonds is 1. The van der Waals surface area contributed by atoms with E-state index in [1.54, 1.807) is 0 Å². The third-order valence-electron chi connectivity index (χ3n) is 11.5. The van der Waals surface area contributed by atoms with Crippen LogP contribution in [0.5, 0.6) is 0 Å². The number of benzene rings is 10. The van der Waals surface area contributed by atoms with Gasteiger partial charge in [0.15, 0.2) is 0 Å². The molecule has 0 atom stereocenters. The van der Waals surface area contributed by atoms with E-state index < -0.39 is 0 Å². The summed E-state index contributed by atoms with van der Waals surface area (Å²) in [6, 6.07) is 90.5. The second-order valence-electron chi connectivity index (χ2n) is 15.4. The SMILES string of the molecule is CC.CC.Cn1c2ccccc2c2ccccc21.Cn1c2ccccc2c2ccccc21.c1ccc2cc(-n3c4ccccc4c4ccccc43)ccc2c1.c1ccccc1.c1ccccc1. The van der Waals surface area contributed by atoms with Gasteiger partial charge < -0.3 is 13.7 Å². The average Bonchev–Trinajstić information content (AvgIpc) is 4.03. The van der Waals surface area contributed by atoms with Gasteiger partial charge >= 0.3 is 0 Å². The van der Waals surface area contributed by atoms with Crippen molar-refractivity contribution in [2.24, 2.45) is 14.1 Å². The largest absolute Gasteiger partial charge is 0.344 e. The van der Waals surface area contributed by atoms with Crippen molar-refractivity contribution in [1.29, 1.82) is 0 Å². The Hall–Kier alpha value is -8.14. The number of hydrogen-bond acceptors (Lipinski definition) is 0. The van der Waals surface area contributed by atoms with Crippen molar-refractivity contribution in [2.75, 3.05) is 0 Å². The average molecular weight is 872 g/mol. The first-order chi connectivity index (χ1) is 33.2. The lowest BCUT2D eigenvalue weighted by molar-refractivity contribution is 1.01. The highest BCUT2D eigenvalue weighted by Crippen LogP contribution is 2.33. The van der Waals surface area contributed by atoms with Crippen LogP contribution in [0.15, 0.2) is 261 Å². The van der Waals surface area contributed by atoms with Gasteiger partial charge in [-0.05, 0) is 59.3 Å². The van der Waals surface area contributed by atoms with Gasteiger partial charge in [-0.3, -0.25) is 0 Å². The van der Waals surface area contributed by atoms with Crippen molar-refractivity contribution < 1.29 is 0 Å². The van der Waals surface area contributed by atoms with Gasteiger partial charge in [-0.1, -0.05) is 240 Å². The van der Waals surface area contributed by atoms with Crippen molar-refractivity contribution in [3.8, 4) is 5.69 Å². The second kappa shape index (κ2) is 23.7. The minimum atomic E-state index is 1.21. The van der Waals surface area contributed by atoms with Crippen molar-refractivity contribution >= 4 is 76.2 Å². The molecule has 0 N–H and O–H groups in total. The second-order valence-corrected chi connectivity index (χ2v) is 15.4. The third kappa shape index (κ3) is 10.7. The van der Waals surface area contributed by atoms with E-state index in [-0.39, 0.29) is 0 Å². The Kier molecular flexibility index (Phi) is 16.6. The fourth-order valence-electron chi connectivity index (χ4n) is 8.52. The summed E-state index contributed by atoms with van der Waals surface area (Å²) >= 11 is 0. The zero-order valence-corrected chi connectivity index (χ0v) is 39.7. The Labute approximate surface area is 396 Å². The van der Waals surface area contributed by atoms with Crippen LogP contribution in [0.4, 0.5) is 0 Å². The van der Waals surface area contributed by atoms with Crippen LogP contribution in [0.3, 0.4) is 0 Å². The van der Waals surface area contributed by atoms with Crippen LogP contribution < -0.4 is 0 Å². The predicted molar refractivity (Wildman–Crippen MR) is 295 cm³/mol. The molecule has 10 aromatic carbocycles. The number of fused-ring (bicyclic) bond motifs is 10. The zero-order valence-electron chi connectivity index (χ0n) is 39.7. The highest BCUT2D eigenvalue weighted by Gasteiger charge is 2.11. The molecule has 0 saturated carbocycles. The van der Waals surface area contributed by atoms with E-state index in [9.17, 15) is 0 Å². The Morgan fingerprint density at radius 1 is 0.224 bits per heavy atom. The van der Waals surface area contributed by atoms with Gasteiger partial charge in [-0.15, -0.1) is 0 Å².